The van der Waals surface area contributed by atoms with Crippen LogP contribution in [0.25, 0.3) is 0 Å². The van der Waals surface area contributed by atoms with Crippen molar-refractivity contribution in [1.29, 1.82) is 0 Å². The number of nitro groups is 1. The second kappa shape index (κ2) is 8.93. The molecule has 1 amide bonds. The van der Waals surface area contributed by atoms with E-state index in [0.29, 0.717) is 11.4 Å². The van der Waals surface area contributed by atoms with Crippen LogP contribution in [0.5, 0.6) is 0 Å². The van der Waals surface area contributed by atoms with E-state index < -0.39 is 16.9 Å². The van der Waals surface area contributed by atoms with Gasteiger partial charge in [0.2, 0.25) is 5.91 Å². The lowest BCUT2D eigenvalue weighted by Crippen LogP contribution is -2.30. The molecule has 0 bridgehead atoms. The van der Waals surface area contributed by atoms with Crippen LogP contribution >= 0.6 is 0 Å². The van der Waals surface area contributed by atoms with Crippen molar-refractivity contribution >= 4 is 17.6 Å². The van der Waals surface area contributed by atoms with Crippen molar-refractivity contribution < 1.29 is 19.6 Å². The number of carbonyl (C=O) groups is 2. The van der Waals surface area contributed by atoms with Crippen molar-refractivity contribution in [1.82, 2.24) is 15.1 Å². The van der Waals surface area contributed by atoms with E-state index in [1.165, 1.54) is 4.68 Å². The first-order valence-electron chi connectivity index (χ1n) is 8.54. The predicted octanol–water partition coefficient (Wildman–Crippen LogP) is 2.52. The van der Waals surface area contributed by atoms with Gasteiger partial charge in [-0.25, -0.2) is 0 Å². The van der Waals surface area contributed by atoms with Crippen molar-refractivity contribution in [3.05, 3.63) is 57.4 Å². The van der Waals surface area contributed by atoms with E-state index in [-0.39, 0.29) is 37.4 Å². The van der Waals surface area contributed by atoms with E-state index in [9.17, 15) is 19.7 Å². The molecule has 1 heterocycles. The molecule has 0 fully saturated rings. The average Bonchev–Trinajstić information content (AvgIpc) is 2.91. The molecule has 0 aliphatic heterocycles. The fourth-order valence-electron chi connectivity index (χ4n) is 2.92. The molecule has 9 heteroatoms. The SMILES string of the molecule is Cc1nn(CCC(=O)NC(CCC(=O)O)c2ccccc2)c(C)c1[N+](=O)[O-]. The largest absolute Gasteiger partial charge is 0.481 e. The lowest BCUT2D eigenvalue weighted by molar-refractivity contribution is -0.386. The number of amides is 1. The number of hydrogen-bond acceptors (Lipinski definition) is 5. The number of carbonyl (C=O) groups excluding carboxylic acids is 1. The van der Waals surface area contributed by atoms with Gasteiger partial charge in [-0.15, -0.1) is 0 Å². The highest BCUT2D eigenvalue weighted by molar-refractivity contribution is 5.76. The summed E-state index contributed by atoms with van der Waals surface area (Å²) < 4.78 is 1.45. The fraction of sp³-hybridized carbons (Fsp3) is 0.389. The molecule has 2 N–H and O–H groups in total. The summed E-state index contributed by atoms with van der Waals surface area (Å²) in [4.78, 5) is 33.8. The lowest BCUT2D eigenvalue weighted by atomic mass is 10.0. The van der Waals surface area contributed by atoms with Gasteiger partial charge >= 0.3 is 11.7 Å². The molecule has 9 nitrogen and oxygen atoms in total. The number of nitrogens with zero attached hydrogens (tertiary/aromatic N) is 3. The maximum absolute atomic E-state index is 12.3. The molecule has 2 aromatic rings. The van der Waals surface area contributed by atoms with E-state index in [1.54, 1.807) is 13.8 Å². The summed E-state index contributed by atoms with van der Waals surface area (Å²) in [6.45, 7) is 3.35. The Bertz CT molecular complexity index is 832. The molecule has 1 atom stereocenters. The zero-order valence-corrected chi connectivity index (χ0v) is 15.2. The van der Waals surface area contributed by atoms with Gasteiger partial charge < -0.3 is 10.4 Å². The third kappa shape index (κ3) is 5.37. The van der Waals surface area contributed by atoms with Crippen LogP contribution in [0.1, 0.15) is 42.3 Å². The maximum Gasteiger partial charge on any atom is 0.312 e. The molecule has 27 heavy (non-hydrogen) atoms. The first kappa shape index (κ1) is 20.1. The first-order valence-corrected chi connectivity index (χ1v) is 8.54. The van der Waals surface area contributed by atoms with Crippen LogP contribution in [-0.2, 0) is 16.1 Å². The number of carboxylic acid groups (broad SMARTS) is 1. The van der Waals surface area contributed by atoms with E-state index in [4.69, 9.17) is 5.11 Å². The summed E-state index contributed by atoms with van der Waals surface area (Å²) in [5.41, 5.74) is 1.49. The minimum absolute atomic E-state index is 0.0426. The predicted molar refractivity (Wildman–Crippen MR) is 97.2 cm³/mol. The fourth-order valence-corrected chi connectivity index (χ4v) is 2.92. The van der Waals surface area contributed by atoms with Crippen molar-refractivity contribution in [3.8, 4) is 0 Å². The Kier molecular flexibility index (Phi) is 6.64. The Morgan fingerprint density at radius 3 is 2.48 bits per heavy atom. The number of aryl methyl sites for hydroxylation is 2. The number of aliphatic carboxylic acids is 1. The van der Waals surface area contributed by atoms with Gasteiger partial charge in [-0.2, -0.15) is 5.10 Å². The summed E-state index contributed by atoms with van der Waals surface area (Å²) in [6, 6.07) is 8.74. The summed E-state index contributed by atoms with van der Waals surface area (Å²) in [5.74, 6) is -1.20. The molecular formula is C18H22N4O5. The van der Waals surface area contributed by atoms with E-state index in [1.807, 2.05) is 30.3 Å². The average molecular weight is 374 g/mol. The zero-order valence-electron chi connectivity index (χ0n) is 15.2. The molecule has 0 spiro atoms. The number of rotatable bonds is 9. The smallest absolute Gasteiger partial charge is 0.312 e. The lowest BCUT2D eigenvalue weighted by Gasteiger charge is -2.18. The van der Waals surface area contributed by atoms with Gasteiger partial charge in [0.1, 0.15) is 11.4 Å². The van der Waals surface area contributed by atoms with Crippen LogP contribution in [0.3, 0.4) is 0 Å². The molecule has 0 aliphatic carbocycles. The van der Waals surface area contributed by atoms with Crippen molar-refractivity contribution in [3.63, 3.8) is 0 Å². The van der Waals surface area contributed by atoms with Gasteiger partial charge in [0, 0.05) is 12.8 Å². The highest BCUT2D eigenvalue weighted by Crippen LogP contribution is 2.22. The Morgan fingerprint density at radius 2 is 1.93 bits per heavy atom. The molecule has 0 saturated heterocycles. The number of nitrogens with one attached hydrogen (secondary N) is 1. The normalized spacial score (nSPS) is 11.8. The molecular weight excluding hydrogens is 352 g/mol. The minimum Gasteiger partial charge on any atom is -0.481 e. The monoisotopic (exact) mass is 374 g/mol. The van der Waals surface area contributed by atoms with Crippen molar-refractivity contribution in [2.24, 2.45) is 0 Å². The second-order valence-corrected chi connectivity index (χ2v) is 6.21. The molecule has 2 rings (SSSR count). The standard InChI is InChI=1S/C18H22N4O5/c1-12-18(22(26)27)13(2)21(20-12)11-10-16(23)19-15(8-9-17(24)25)14-6-4-3-5-7-14/h3-7,15H,8-11H2,1-2H3,(H,19,23)(H,24,25). The molecule has 0 aliphatic rings. The van der Waals surface area contributed by atoms with E-state index in [0.717, 1.165) is 5.56 Å². The molecule has 1 unspecified atom stereocenters. The molecule has 0 radical (unpaired) electrons. The third-order valence-electron chi connectivity index (χ3n) is 4.26. The second-order valence-electron chi connectivity index (χ2n) is 6.21. The highest BCUT2D eigenvalue weighted by Gasteiger charge is 2.22. The van der Waals surface area contributed by atoms with Gasteiger partial charge in [-0.1, -0.05) is 30.3 Å². The van der Waals surface area contributed by atoms with E-state index in [2.05, 4.69) is 10.4 Å². The van der Waals surface area contributed by atoms with Gasteiger partial charge in [0.25, 0.3) is 0 Å². The molecule has 0 saturated carbocycles. The minimum atomic E-state index is -0.930. The molecule has 1 aromatic heterocycles. The molecule has 144 valence electrons. The maximum atomic E-state index is 12.3. The Morgan fingerprint density at radius 1 is 1.26 bits per heavy atom. The van der Waals surface area contributed by atoms with Gasteiger partial charge in [-0.3, -0.25) is 24.4 Å². The number of aromatic nitrogens is 2. The summed E-state index contributed by atoms with van der Waals surface area (Å²) in [7, 11) is 0. The van der Waals surface area contributed by atoms with Gasteiger partial charge in [0.15, 0.2) is 0 Å². The Labute approximate surface area is 156 Å². The van der Waals surface area contributed by atoms with Gasteiger partial charge in [-0.05, 0) is 25.8 Å². The summed E-state index contributed by atoms with van der Waals surface area (Å²) >= 11 is 0. The van der Waals surface area contributed by atoms with Crippen LogP contribution in [0.15, 0.2) is 30.3 Å². The zero-order chi connectivity index (χ0) is 20.0. The number of carboxylic acids is 1. The van der Waals surface area contributed by atoms with E-state index >= 15 is 0 Å². The quantitative estimate of drug-likeness (QED) is 0.513. The Balaban J connectivity index is 2.02. The van der Waals surface area contributed by atoms with Crippen molar-refractivity contribution in [2.45, 2.75) is 45.7 Å². The highest BCUT2D eigenvalue weighted by atomic mass is 16.6. The number of benzene rings is 1. The summed E-state index contributed by atoms with van der Waals surface area (Å²) in [6.07, 6.45) is 0.287. The molecule has 1 aromatic carbocycles. The number of hydrogen-bond donors (Lipinski definition) is 2. The van der Waals surface area contributed by atoms with Crippen LogP contribution in [-0.4, -0.2) is 31.7 Å². The van der Waals surface area contributed by atoms with Crippen molar-refractivity contribution in [2.75, 3.05) is 0 Å². The third-order valence-corrected chi connectivity index (χ3v) is 4.26. The Hall–Kier alpha value is -3.23. The summed E-state index contributed by atoms with van der Waals surface area (Å²) in [5, 5.41) is 26.9. The van der Waals surface area contributed by atoms with Crippen LogP contribution in [0.4, 0.5) is 5.69 Å². The first-order chi connectivity index (χ1) is 12.8. The topological polar surface area (TPSA) is 127 Å². The van der Waals surface area contributed by atoms with Crippen LogP contribution in [0.2, 0.25) is 0 Å². The van der Waals surface area contributed by atoms with Gasteiger partial charge in [0.05, 0.1) is 17.5 Å². The van der Waals surface area contributed by atoms with Crippen LogP contribution < -0.4 is 5.32 Å². The van der Waals surface area contributed by atoms with Crippen LogP contribution in [0, 0.1) is 24.0 Å².